The van der Waals surface area contributed by atoms with E-state index in [-0.39, 0.29) is 0 Å². The van der Waals surface area contributed by atoms with Crippen LogP contribution in [0.1, 0.15) is 31.7 Å². The van der Waals surface area contributed by atoms with E-state index in [2.05, 4.69) is 32.2 Å². The number of pyridine rings is 1. The highest BCUT2D eigenvalue weighted by atomic mass is 79.9. The summed E-state index contributed by atoms with van der Waals surface area (Å²) in [6.07, 6.45) is 6.32. The van der Waals surface area contributed by atoms with Crippen LogP contribution in [-0.2, 0) is 0 Å². The number of hydrogen-bond donors (Lipinski definition) is 1. The second-order valence-electron chi connectivity index (χ2n) is 5.36. The Morgan fingerprint density at radius 2 is 2.15 bits per heavy atom. The standard InChI is InChI=1S/C14H18BrN3O2/c1-20-14-12(15)6-10-7-18(17-13(10)16-14)11-4-2-9(8-19)3-5-11/h6-7,9,11,19H,2-5,8H2,1H3. The molecule has 2 aromatic heterocycles. The topological polar surface area (TPSA) is 60.2 Å². The van der Waals surface area contributed by atoms with Crippen molar-refractivity contribution >= 4 is 27.0 Å². The molecule has 6 heteroatoms. The normalized spacial score (nSPS) is 23.1. The van der Waals surface area contributed by atoms with Crippen LogP contribution in [0.5, 0.6) is 5.88 Å². The molecule has 1 aliphatic carbocycles. The quantitative estimate of drug-likeness (QED) is 0.933. The van der Waals surface area contributed by atoms with E-state index in [1.54, 1.807) is 7.11 Å². The molecule has 2 aromatic rings. The second-order valence-corrected chi connectivity index (χ2v) is 6.21. The van der Waals surface area contributed by atoms with Crippen molar-refractivity contribution in [2.75, 3.05) is 13.7 Å². The number of hydrogen-bond acceptors (Lipinski definition) is 4. The highest BCUT2D eigenvalue weighted by Gasteiger charge is 2.23. The Morgan fingerprint density at radius 1 is 1.40 bits per heavy atom. The summed E-state index contributed by atoms with van der Waals surface area (Å²) in [6, 6.07) is 2.40. The third kappa shape index (κ3) is 2.54. The number of halogens is 1. The van der Waals surface area contributed by atoms with Crippen LogP contribution in [0.15, 0.2) is 16.7 Å². The summed E-state index contributed by atoms with van der Waals surface area (Å²) in [4.78, 5) is 4.40. The lowest BCUT2D eigenvalue weighted by molar-refractivity contribution is 0.165. The number of ether oxygens (including phenoxy) is 1. The molecule has 0 aliphatic heterocycles. The Bertz CT molecular complexity index is 606. The molecule has 5 nitrogen and oxygen atoms in total. The van der Waals surface area contributed by atoms with E-state index in [0.29, 0.717) is 30.1 Å². The minimum atomic E-state index is 0.305. The van der Waals surface area contributed by atoms with Gasteiger partial charge in [-0.1, -0.05) is 0 Å². The number of methoxy groups -OCH3 is 1. The lowest BCUT2D eigenvalue weighted by atomic mass is 9.87. The highest BCUT2D eigenvalue weighted by Crippen LogP contribution is 2.33. The Kier molecular flexibility index (Phi) is 3.94. The van der Waals surface area contributed by atoms with Crippen molar-refractivity contribution in [1.82, 2.24) is 14.8 Å². The maximum atomic E-state index is 9.20. The predicted molar refractivity (Wildman–Crippen MR) is 79.9 cm³/mol. The lowest BCUT2D eigenvalue weighted by Crippen LogP contribution is -2.20. The van der Waals surface area contributed by atoms with Crippen LogP contribution in [0.2, 0.25) is 0 Å². The Morgan fingerprint density at radius 3 is 2.80 bits per heavy atom. The van der Waals surface area contributed by atoms with Gasteiger partial charge in [0, 0.05) is 18.2 Å². The summed E-state index contributed by atoms with van der Waals surface area (Å²) in [7, 11) is 1.60. The number of aromatic nitrogens is 3. The number of aliphatic hydroxyl groups excluding tert-OH is 1. The molecule has 2 heterocycles. The van der Waals surface area contributed by atoms with Gasteiger partial charge >= 0.3 is 0 Å². The first-order chi connectivity index (χ1) is 9.71. The van der Waals surface area contributed by atoms with Gasteiger partial charge in [-0.25, -0.2) is 0 Å². The van der Waals surface area contributed by atoms with Crippen molar-refractivity contribution in [1.29, 1.82) is 0 Å². The van der Waals surface area contributed by atoms with Crippen LogP contribution in [0, 0.1) is 5.92 Å². The maximum Gasteiger partial charge on any atom is 0.229 e. The molecule has 20 heavy (non-hydrogen) atoms. The van der Waals surface area contributed by atoms with Gasteiger partial charge in [0.05, 0.1) is 17.6 Å². The van der Waals surface area contributed by atoms with E-state index in [1.165, 1.54) is 0 Å². The van der Waals surface area contributed by atoms with Gasteiger partial charge in [0.1, 0.15) is 0 Å². The summed E-state index contributed by atoms with van der Waals surface area (Å²) < 4.78 is 8.07. The Balaban J connectivity index is 1.86. The number of aliphatic hydroxyl groups is 1. The van der Waals surface area contributed by atoms with Crippen molar-refractivity contribution in [3.63, 3.8) is 0 Å². The minimum Gasteiger partial charge on any atom is -0.480 e. The molecular weight excluding hydrogens is 322 g/mol. The molecule has 1 saturated carbocycles. The number of nitrogens with zero attached hydrogens (tertiary/aromatic N) is 3. The van der Waals surface area contributed by atoms with Gasteiger partial charge in [0.25, 0.3) is 0 Å². The van der Waals surface area contributed by atoms with Gasteiger partial charge in [0.15, 0.2) is 5.65 Å². The predicted octanol–water partition coefficient (Wildman–Crippen LogP) is 2.93. The van der Waals surface area contributed by atoms with Gasteiger partial charge in [-0.05, 0) is 53.6 Å². The van der Waals surface area contributed by atoms with Gasteiger partial charge in [0.2, 0.25) is 5.88 Å². The molecule has 0 saturated heterocycles. The van der Waals surface area contributed by atoms with Crippen molar-refractivity contribution in [2.45, 2.75) is 31.7 Å². The van der Waals surface area contributed by atoms with Crippen molar-refractivity contribution in [3.8, 4) is 5.88 Å². The van der Waals surface area contributed by atoms with Crippen LogP contribution in [-0.4, -0.2) is 33.6 Å². The average Bonchev–Trinajstić information content (AvgIpc) is 2.89. The summed E-state index contributed by atoms with van der Waals surface area (Å²) in [5, 5.41) is 14.8. The van der Waals surface area contributed by atoms with E-state index in [1.807, 2.05) is 10.7 Å². The first-order valence-corrected chi connectivity index (χ1v) is 7.71. The molecule has 0 aromatic carbocycles. The van der Waals surface area contributed by atoms with Gasteiger partial charge in [-0.3, -0.25) is 4.68 Å². The molecular formula is C14H18BrN3O2. The molecule has 0 unspecified atom stereocenters. The fourth-order valence-corrected chi connectivity index (χ4v) is 3.35. The molecule has 108 valence electrons. The Labute approximate surface area is 126 Å². The third-order valence-corrected chi connectivity index (χ3v) is 4.64. The highest BCUT2D eigenvalue weighted by molar-refractivity contribution is 9.10. The van der Waals surface area contributed by atoms with Crippen LogP contribution < -0.4 is 4.74 Å². The fraction of sp³-hybridized carbons (Fsp3) is 0.571. The fourth-order valence-electron chi connectivity index (χ4n) is 2.85. The van der Waals surface area contributed by atoms with E-state index in [4.69, 9.17) is 4.74 Å². The van der Waals surface area contributed by atoms with E-state index < -0.39 is 0 Å². The molecule has 3 rings (SSSR count). The lowest BCUT2D eigenvalue weighted by Gasteiger charge is -2.27. The molecule has 1 aliphatic rings. The summed E-state index contributed by atoms with van der Waals surface area (Å²) in [6.45, 7) is 0.305. The summed E-state index contributed by atoms with van der Waals surface area (Å²) in [5.41, 5.74) is 0.717. The first-order valence-electron chi connectivity index (χ1n) is 6.91. The number of fused-ring (bicyclic) bond motifs is 1. The van der Waals surface area contributed by atoms with Crippen LogP contribution in [0.3, 0.4) is 0 Å². The molecule has 0 bridgehead atoms. The summed E-state index contributed by atoms with van der Waals surface area (Å²) >= 11 is 3.45. The van der Waals surface area contributed by atoms with Gasteiger partial charge in [-0.2, -0.15) is 10.1 Å². The second kappa shape index (κ2) is 5.69. The Hall–Kier alpha value is -1.14. The van der Waals surface area contributed by atoms with E-state index in [9.17, 15) is 5.11 Å². The van der Waals surface area contributed by atoms with Gasteiger partial charge < -0.3 is 9.84 Å². The third-order valence-electron chi connectivity index (χ3n) is 4.08. The molecule has 0 radical (unpaired) electrons. The monoisotopic (exact) mass is 339 g/mol. The van der Waals surface area contributed by atoms with Crippen molar-refractivity contribution in [2.24, 2.45) is 5.92 Å². The largest absolute Gasteiger partial charge is 0.480 e. The molecule has 0 spiro atoms. The molecule has 1 N–H and O–H groups in total. The van der Waals surface area contributed by atoms with Crippen molar-refractivity contribution in [3.05, 3.63) is 16.7 Å². The molecule has 1 fully saturated rings. The zero-order valence-corrected chi connectivity index (χ0v) is 13.0. The molecule has 0 amide bonds. The zero-order valence-electron chi connectivity index (χ0n) is 11.4. The van der Waals surface area contributed by atoms with Crippen LogP contribution in [0.4, 0.5) is 0 Å². The zero-order chi connectivity index (χ0) is 14.1. The minimum absolute atomic E-state index is 0.305. The van der Waals surface area contributed by atoms with E-state index >= 15 is 0 Å². The maximum absolute atomic E-state index is 9.20. The molecule has 0 atom stereocenters. The van der Waals surface area contributed by atoms with Gasteiger partial charge in [-0.15, -0.1) is 0 Å². The first kappa shape index (κ1) is 13.8. The van der Waals surface area contributed by atoms with Crippen molar-refractivity contribution < 1.29 is 9.84 Å². The average molecular weight is 340 g/mol. The van der Waals surface area contributed by atoms with Crippen LogP contribution in [0.25, 0.3) is 11.0 Å². The summed E-state index contributed by atoms with van der Waals surface area (Å²) in [5.74, 6) is 1.02. The van der Waals surface area contributed by atoms with Crippen LogP contribution >= 0.6 is 15.9 Å². The smallest absolute Gasteiger partial charge is 0.229 e. The van der Waals surface area contributed by atoms with E-state index in [0.717, 1.165) is 35.5 Å². The SMILES string of the molecule is COc1nc2nn(C3CCC(CO)CC3)cc2cc1Br. The number of rotatable bonds is 3.